The lowest BCUT2D eigenvalue weighted by atomic mass is 9.87. The highest BCUT2D eigenvalue weighted by atomic mass is 16.4. The molecule has 1 rings (SSSR count). The number of benzene rings is 1. The summed E-state index contributed by atoms with van der Waals surface area (Å²) in [6, 6.07) is 6.32. The Morgan fingerprint density at radius 2 is 1.89 bits per heavy atom. The van der Waals surface area contributed by atoms with E-state index in [1.165, 1.54) is 12.1 Å². The first-order valence-electron chi connectivity index (χ1n) is 6.35. The van der Waals surface area contributed by atoms with Gasteiger partial charge in [0, 0.05) is 13.1 Å². The molecule has 1 unspecified atom stereocenters. The van der Waals surface area contributed by atoms with Crippen LogP contribution in [0.3, 0.4) is 0 Å². The van der Waals surface area contributed by atoms with Crippen LogP contribution in [0.15, 0.2) is 24.3 Å². The third-order valence-electron chi connectivity index (χ3n) is 3.24. The second-order valence-corrected chi connectivity index (χ2v) is 4.84. The molecular weight excluding hydrogens is 244 g/mol. The third kappa shape index (κ3) is 3.68. The van der Waals surface area contributed by atoms with Gasteiger partial charge in [0.15, 0.2) is 0 Å². The lowest BCUT2D eigenvalue weighted by Crippen LogP contribution is -2.50. The van der Waals surface area contributed by atoms with Crippen LogP contribution in [0.25, 0.3) is 0 Å². The molecule has 1 atom stereocenters. The Hall–Kier alpha value is -1.59. The van der Waals surface area contributed by atoms with Gasteiger partial charge in [-0.05, 0) is 38.2 Å². The van der Waals surface area contributed by atoms with Gasteiger partial charge in [-0.3, -0.25) is 5.32 Å². The Morgan fingerprint density at radius 1 is 1.32 bits per heavy atom. The minimum absolute atomic E-state index is 0.132. The largest absolute Gasteiger partial charge is 0.508 e. The standard InChI is InChI=1S/C14H22N2O3/c1-4-14(13(18)19,15-9-10-16(2)3)11-5-7-12(17)8-6-11/h5-8,15,17H,4,9-10H2,1-3H3,(H,18,19). The predicted molar refractivity (Wildman–Crippen MR) is 74.3 cm³/mol. The van der Waals surface area contributed by atoms with E-state index in [9.17, 15) is 15.0 Å². The van der Waals surface area contributed by atoms with Crippen molar-refractivity contribution in [3.8, 4) is 5.75 Å². The summed E-state index contributed by atoms with van der Waals surface area (Å²) in [5, 5.41) is 22.0. The highest BCUT2D eigenvalue weighted by Gasteiger charge is 2.37. The van der Waals surface area contributed by atoms with Crippen molar-refractivity contribution in [3.63, 3.8) is 0 Å². The highest BCUT2D eigenvalue weighted by Crippen LogP contribution is 2.27. The van der Waals surface area contributed by atoms with Crippen LogP contribution in [0.4, 0.5) is 0 Å². The van der Waals surface area contributed by atoms with Gasteiger partial charge < -0.3 is 15.1 Å². The summed E-state index contributed by atoms with van der Waals surface area (Å²) >= 11 is 0. The molecule has 1 aromatic rings. The molecule has 0 aliphatic carbocycles. The number of aromatic hydroxyl groups is 1. The van der Waals surface area contributed by atoms with E-state index in [0.717, 1.165) is 6.54 Å². The molecule has 3 N–H and O–H groups in total. The van der Waals surface area contributed by atoms with Crippen LogP contribution in [-0.2, 0) is 10.3 Å². The number of hydrogen-bond acceptors (Lipinski definition) is 4. The number of likely N-dealkylation sites (N-methyl/N-ethyl adjacent to an activating group) is 1. The van der Waals surface area contributed by atoms with Gasteiger partial charge in [0.25, 0.3) is 0 Å². The summed E-state index contributed by atoms with van der Waals surface area (Å²) in [4.78, 5) is 13.7. The molecule has 0 bridgehead atoms. The first kappa shape index (κ1) is 15.5. The Morgan fingerprint density at radius 3 is 2.32 bits per heavy atom. The van der Waals surface area contributed by atoms with Crippen molar-refractivity contribution < 1.29 is 15.0 Å². The molecule has 0 aromatic heterocycles. The van der Waals surface area contributed by atoms with Gasteiger partial charge in [-0.25, -0.2) is 4.79 Å². The fourth-order valence-corrected chi connectivity index (χ4v) is 2.02. The molecule has 106 valence electrons. The molecule has 5 nitrogen and oxygen atoms in total. The van der Waals surface area contributed by atoms with Crippen LogP contribution >= 0.6 is 0 Å². The van der Waals surface area contributed by atoms with E-state index in [4.69, 9.17) is 0 Å². The minimum atomic E-state index is -1.11. The molecule has 19 heavy (non-hydrogen) atoms. The zero-order valence-corrected chi connectivity index (χ0v) is 11.7. The summed E-state index contributed by atoms with van der Waals surface area (Å²) in [5.41, 5.74) is -0.456. The average molecular weight is 266 g/mol. The minimum Gasteiger partial charge on any atom is -0.508 e. The molecule has 0 heterocycles. The normalized spacial score (nSPS) is 14.3. The fourth-order valence-electron chi connectivity index (χ4n) is 2.02. The molecule has 0 aliphatic rings. The highest BCUT2D eigenvalue weighted by molar-refractivity contribution is 5.80. The van der Waals surface area contributed by atoms with E-state index in [0.29, 0.717) is 18.5 Å². The molecule has 0 aliphatic heterocycles. The Bertz CT molecular complexity index is 417. The van der Waals surface area contributed by atoms with Gasteiger partial charge in [-0.15, -0.1) is 0 Å². The maximum Gasteiger partial charge on any atom is 0.328 e. The van der Waals surface area contributed by atoms with Crippen LogP contribution in [0, 0.1) is 0 Å². The number of carboxylic acid groups (broad SMARTS) is 1. The van der Waals surface area contributed by atoms with E-state index in [-0.39, 0.29) is 5.75 Å². The molecular formula is C14H22N2O3. The van der Waals surface area contributed by atoms with Crippen LogP contribution in [0.5, 0.6) is 5.75 Å². The summed E-state index contributed by atoms with van der Waals surface area (Å²) < 4.78 is 0. The quantitative estimate of drug-likeness (QED) is 0.692. The van der Waals surface area contributed by atoms with Gasteiger partial charge in [-0.2, -0.15) is 0 Å². The van der Waals surface area contributed by atoms with Crippen LogP contribution in [0.1, 0.15) is 18.9 Å². The third-order valence-corrected chi connectivity index (χ3v) is 3.24. The number of nitrogens with zero attached hydrogens (tertiary/aromatic N) is 1. The topological polar surface area (TPSA) is 72.8 Å². The second kappa shape index (κ2) is 6.54. The summed E-state index contributed by atoms with van der Waals surface area (Å²) in [6.45, 7) is 3.17. The summed E-state index contributed by atoms with van der Waals surface area (Å²) in [6.07, 6.45) is 0.431. The zero-order chi connectivity index (χ0) is 14.5. The number of rotatable bonds is 7. The smallest absolute Gasteiger partial charge is 0.328 e. The second-order valence-electron chi connectivity index (χ2n) is 4.84. The maximum absolute atomic E-state index is 11.7. The van der Waals surface area contributed by atoms with Crippen molar-refractivity contribution in [2.75, 3.05) is 27.2 Å². The van der Waals surface area contributed by atoms with Gasteiger partial charge >= 0.3 is 5.97 Å². The van der Waals surface area contributed by atoms with Gasteiger partial charge in [0.1, 0.15) is 11.3 Å². The van der Waals surface area contributed by atoms with Gasteiger partial charge in [0.05, 0.1) is 0 Å². The van der Waals surface area contributed by atoms with Crippen molar-refractivity contribution in [2.24, 2.45) is 0 Å². The van der Waals surface area contributed by atoms with E-state index in [2.05, 4.69) is 5.32 Å². The molecule has 0 fully saturated rings. The Labute approximate surface area is 113 Å². The van der Waals surface area contributed by atoms with Crippen molar-refractivity contribution in [1.82, 2.24) is 10.2 Å². The van der Waals surface area contributed by atoms with Crippen LogP contribution in [0.2, 0.25) is 0 Å². The van der Waals surface area contributed by atoms with Gasteiger partial charge in [0.2, 0.25) is 0 Å². The fraction of sp³-hybridized carbons (Fsp3) is 0.500. The number of carboxylic acids is 1. The number of phenols is 1. The van der Waals surface area contributed by atoms with Gasteiger partial charge in [-0.1, -0.05) is 19.1 Å². The number of carbonyl (C=O) groups is 1. The average Bonchev–Trinajstić information content (AvgIpc) is 2.35. The SMILES string of the molecule is CCC(NCCN(C)C)(C(=O)O)c1ccc(O)cc1. The monoisotopic (exact) mass is 266 g/mol. The lowest BCUT2D eigenvalue weighted by Gasteiger charge is -2.30. The molecule has 0 spiro atoms. The van der Waals surface area contributed by atoms with Crippen LogP contribution in [-0.4, -0.2) is 48.3 Å². The maximum atomic E-state index is 11.7. The molecule has 0 saturated heterocycles. The molecule has 0 saturated carbocycles. The zero-order valence-electron chi connectivity index (χ0n) is 11.7. The first-order chi connectivity index (χ1) is 8.92. The number of nitrogens with one attached hydrogen (secondary N) is 1. The van der Waals surface area contributed by atoms with E-state index in [1.54, 1.807) is 12.1 Å². The predicted octanol–water partition coefficient (Wildman–Crippen LogP) is 1.23. The van der Waals surface area contributed by atoms with E-state index in [1.807, 2.05) is 25.9 Å². The van der Waals surface area contributed by atoms with Crippen molar-refractivity contribution in [3.05, 3.63) is 29.8 Å². The molecule has 0 amide bonds. The molecule has 1 aromatic carbocycles. The Balaban J connectivity index is 2.98. The summed E-state index contributed by atoms with van der Waals surface area (Å²) in [7, 11) is 3.88. The number of hydrogen-bond donors (Lipinski definition) is 3. The van der Waals surface area contributed by atoms with Crippen molar-refractivity contribution in [1.29, 1.82) is 0 Å². The van der Waals surface area contributed by atoms with E-state index < -0.39 is 11.5 Å². The molecule has 0 radical (unpaired) electrons. The number of aliphatic carboxylic acids is 1. The lowest BCUT2D eigenvalue weighted by molar-refractivity contribution is -0.145. The molecule has 5 heteroatoms. The first-order valence-corrected chi connectivity index (χ1v) is 6.35. The Kier molecular flexibility index (Phi) is 5.32. The van der Waals surface area contributed by atoms with Crippen molar-refractivity contribution >= 4 is 5.97 Å². The van der Waals surface area contributed by atoms with E-state index >= 15 is 0 Å². The van der Waals surface area contributed by atoms with Crippen molar-refractivity contribution in [2.45, 2.75) is 18.9 Å². The number of phenolic OH excluding ortho intramolecular Hbond substituents is 1. The van der Waals surface area contributed by atoms with Crippen LogP contribution < -0.4 is 5.32 Å². The summed E-state index contributed by atoms with van der Waals surface area (Å²) in [5.74, 6) is -0.771.